The fourth-order valence-corrected chi connectivity index (χ4v) is 2.79. The van der Waals surface area contributed by atoms with Crippen molar-refractivity contribution in [1.29, 1.82) is 5.41 Å². The van der Waals surface area contributed by atoms with Gasteiger partial charge in [-0.3, -0.25) is 9.59 Å². The second kappa shape index (κ2) is 8.10. The zero-order chi connectivity index (χ0) is 20.1. The largest absolute Gasteiger partial charge is 0.489 e. The number of ether oxygens (including phenoxy) is 2. The van der Waals surface area contributed by atoms with Crippen LogP contribution in [0.25, 0.3) is 0 Å². The Labute approximate surface area is 162 Å². The van der Waals surface area contributed by atoms with Gasteiger partial charge in [-0.05, 0) is 23.8 Å². The monoisotopic (exact) mass is 382 g/mol. The highest BCUT2D eigenvalue weighted by Crippen LogP contribution is 2.21. The van der Waals surface area contributed by atoms with Gasteiger partial charge in [0, 0.05) is 12.6 Å². The molecule has 28 heavy (non-hydrogen) atoms. The van der Waals surface area contributed by atoms with Gasteiger partial charge in [-0.25, -0.2) is 0 Å². The van der Waals surface area contributed by atoms with Gasteiger partial charge < -0.3 is 31.3 Å². The van der Waals surface area contributed by atoms with E-state index in [9.17, 15) is 9.59 Å². The Morgan fingerprint density at radius 3 is 2.54 bits per heavy atom. The van der Waals surface area contributed by atoms with Crippen molar-refractivity contribution < 1.29 is 19.1 Å². The highest BCUT2D eigenvalue weighted by molar-refractivity contribution is 6.15. The number of nitrogens with two attached hydrogens (primary N) is 1. The molecule has 0 bridgehead atoms. The first-order chi connectivity index (χ1) is 13.4. The van der Waals surface area contributed by atoms with Crippen molar-refractivity contribution in [1.82, 2.24) is 10.6 Å². The number of amides is 2. The Hall–Kier alpha value is -3.39. The van der Waals surface area contributed by atoms with Gasteiger partial charge in [-0.1, -0.05) is 30.3 Å². The fourth-order valence-electron chi connectivity index (χ4n) is 2.79. The zero-order valence-electron chi connectivity index (χ0n) is 15.5. The van der Waals surface area contributed by atoms with E-state index in [0.29, 0.717) is 17.9 Å². The minimum absolute atomic E-state index is 0.0268. The molecule has 0 radical (unpaired) electrons. The minimum atomic E-state index is -1.22. The molecule has 0 saturated carbocycles. The van der Waals surface area contributed by atoms with Crippen molar-refractivity contribution in [2.24, 2.45) is 5.73 Å². The summed E-state index contributed by atoms with van der Waals surface area (Å²) >= 11 is 0. The normalized spacial score (nSPS) is 19.2. The number of primary amides is 1. The molecule has 146 valence electrons. The van der Waals surface area contributed by atoms with Crippen molar-refractivity contribution in [3.63, 3.8) is 0 Å². The van der Waals surface area contributed by atoms with Crippen LogP contribution in [-0.2, 0) is 25.7 Å². The van der Waals surface area contributed by atoms with Crippen LogP contribution in [0.2, 0.25) is 0 Å². The smallest absolute Gasteiger partial charge is 0.269 e. The van der Waals surface area contributed by atoms with Gasteiger partial charge in [0.15, 0.2) is 5.54 Å². The van der Waals surface area contributed by atoms with Gasteiger partial charge in [0.2, 0.25) is 5.91 Å². The molecule has 1 aliphatic heterocycles. The summed E-state index contributed by atoms with van der Waals surface area (Å²) in [5.74, 6) is -0.682. The van der Waals surface area contributed by atoms with Crippen LogP contribution in [0.5, 0.6) is 0 Å². The molecule has 1 saturated heterocycles. The maximum atomic E-state index is 12.7. The summed E-state index contributed by atoms with van der Waals surface area (Å²) in [5, 5.41) is 13.6. The molecule has 1 aromatic rings. The van der Waals surface area contributed by atoms with Crippen molar-refractivity contribution in [2.75, 3.05) is 20.3 Å². The number of hydrogen-bond donors (Lipinski definition) is 4. The van der Waals surface area contributed by atoms with Crippen LogP contribution >= 0.6 is 0 Å². The number of likely N-dealkylation sites (N-methyl/N-ethyl adjacent to an activating group) is 1. The summed E-state index contributed by atoms with van der Waals surface area (Å²) in [4.78, 5) is 24.4. The number of rotatable bonds is 7. The average Bonchev–Trinajstić information content (AvgIpc) is 2.66. The van der Waals surface area contributed by atoms with E-state index in [4.69, 9.17) is 20.6 Å². The lowest BCUT2D eigenvalue weighted by Gasteiger charge is -2.39. The van der Waals surface area contributed by atoms with E-state index in [-0.39, 0.29) is 24.6 Å². The molecule has 0 atom stereocenters. The standard InChI is InChI=1S/C20H22N4O4/c1-23-17(18(25)24-20(19(22)26)11-27-12-20)15-9-14(7-8-16(15)21)28-10-13-5-3-2-4-6-13/h2-9,21,23H,10-12H2,1H3,(H2,22,26)(H,24,25)/b17-15-,21-16?. The summed E-state index contributed by atoms with van der Waals surface area (Å²) in [5.41, 5.74) is 5.81. The van der Waals surface area contributed by atoms with Crippen molar-refractivity contribution in [3.8, 4) is 0 Å². The van der Waals surface area contributed by atoms with Crippen molar-refractivity contribution >= 4 is 17.5 Å². The van der Waals surface area contributed by atoms with Gasteiger partial charge >= 0.3 is 0 Å². The molecule has 1 fully saturated rings. The predicted molar refractivity (Wildman–Crippen MR) is 103 cm³/mol. The number of allylic oxidation sites excluding steroid dienone is 4. The molecular weight excluding hydrogens is 360 g/mol. The van der Waals surface area contributed by atoms with Crippen LogP contribution in [-0.4, -0.2) is 43.3 Å². The molecular formula is C20H22N4O4. The quantitative estimate of drug-likeness (QED) is 0.512. The molecule has 8 heteroatoms. The van der Waals surface area contributed by atoms with Gasteiger partial charge in [-0.2, -0.15) is 0 Å². The summed E-state index contributed by atoms with van der Waals surface area (Å²) in [6.45, 7) is 0.416. The highest BCUT2D eigenvalue weighted by atomic mass is 16.5. The van der Waals surface area contributed by atoms with Crippen molar-refractivity contribution in [3.05, 3.63) is 71.2 Å². The number of hydrogen-bond acceptors (Lipinski definition) is 6. The summed E-state index contributed by atoms with van der Waals surface area (Å²) in [7, 11) is 1.57. The average molecular weight is 382 g/mol. The Balaban J connectivity index is 1.80. The molecule has 0 spiro atoms. The lowest BCUT2D eigenvalue weighted by atomic mass is 9.95. The molecule has 1 aromatic carbocycles. The minimum Gasteiger partial charge on any atom is -0.489 e. The van der Waals surface area contributed by atoms with E-state index in [0.717, 1.165) is 5.56 Å². The van der Waals surface area contributed by atoms with Gasteiger partial charge in [0.05, 0.1) is 18.9 Å². The van der Waals surface area contributed by atoms with Gasteiger partial charge in [0.1, 0.15) is 18.1 Å². The third kappa shape index (κ3) is 3.96. The van der Waals surface area contributed by atoms with E-state index in [2.05, 4.69) is 10.6 Å². The molecule has 2 aliphatic rings. The third-order valence-electron chi connectivity index (χ3n) is 4.51. The number of benzene rings is 1. The fraction of sp³-hybridized carbons (Fsp3) is 0.250. The molecule has 8 nitrogen and oxygen atoms in total. The number of nitrogens with one attached hydrogen (secondary N) is 3. The van der Waals surface area contributed by atoms with E-state index >= 15 is 0 Å². The molecule has 0 unspecified atom stereocenters. The van der Waals surface area contributed by atoms with Crippen LogP contribution in [0.1, 0.15) is 5.56 Å². The van der Waals surface area contributed by atoms with E-state index < -0.39 is 17.4 Å². The first-order valence-electron chi connectivity index (χ1n) is 8.73. The van der Waals surface area contributed by atoms with Crippen LogP contribution < -0.4 is 16.4 Å². The third-order valence-corrected chi connectivity index (χ3v) is 4.51. The topological polar surface area (TPSA) is 127 Å². The van der Waals surface area contributed by atoms with E-state index in [1.165, 1.54) is 0 Å². The highest BCUT2D eigenvalue weighted by Gasteiger charge is 2.46. The van der Waals surface area contributed by atoms with E-state index in [1.807, 2.05) is 30.3 Å². The predicted octanol–water partition coefficient (Wildman–Crippen LogP) is 0.521. The van der Waals surface area contributed by atoms with Gasteiger partial charge in [0.25, 0.3) is 5.91 Å². The molecule has 1 heterocycles. The maximum Gasteiger partial charge on any atom is 0.269 e. The molecule has 1 aliphatic carbocycles. The van der Waals surface area contributed by atoms with Crippen LogP contribution in [0.15, 0.2) is 65.6 Å². The van der Waals surface area contributed by atoms with E-state index in [1.54, 1.807) is 25.3 Å². The molecule has 2 amide bonds. The lowest BCUT2D eigenvalue weighted by Crippen LogP contribution is -2.69. The summed E-state index contributed by atoms with van der Waals surface area (Å²) in [6, 6.07) is 9.67. The SMILES string of the molecule is CN/C(C(=O)NC1(C(N)=O)COC1)=C1/C=C(OCc2ccccc2)C=CC1=N. The molecule has 0 aromatic heterocycles. The summed E-state index contributed by atoms with van der Waals surface area (Å²) in [6.07, 6.45) is 4.84. The Bertz CT molecular complexity index is 883. The van der Waals surface area contributed by atoms with Gasteiger partial charge in [-0.15, -0.1) is 0 Å². The lowest BCUT2D eigenvalue weighted by molar-refractivity contribution is -0.150. The molecule has 5 N–H and O–H groups in total. The number of carbonyl (C=O) groups excluding carboxylic acids is 2. The summed E-state index contributed by atoms with van der Waals surface area (Å²) < 4.78 is 10.8. The first-order valence-corrected chi connectivity index (χ1v) is 8.73. The Morgan fingerprint density at radius 1 is 1.25 bits per heavy atom. The zero-order valence-corrected chi connectivity index (χ0v) is 15.5. The maximum absolute atomic E-state index is 12.7. The molecule has 3 rings (SSSR count). The Morgan fingerprint density at radius 2 is 1.96 bits per heavy atom. The Kier molecular flexibility index (Phi) is 5.60. The van der Waals surface area contributed by atoms with Crippen LogP contribution in [0.3, 0.4) is 0 Å². The van der Waals surface area contributed by atoms with Crippen LogP contribution in [0, 0.1) is 5.41 Å². The van der Waals surface area contributed by atoms with Crippen LogP contribution in [0.4, 0.5) is 0 Å². The second-order valence-electron chi connectivity index (χ2n) is 6.50. The number of carbonyl (C=O) groups is 2. The van der Waals surface area contributed by atoms with Crippen molar-refractivity contribution in [2.45, 2.75) is 12.1 Å². The second-order valence-corrected chi connectivity index (χ2v) is 6.50. The first kappa shape index (κ1) is 19.4.